The molecule has 1 aromatic carbocycles. The molecule has 1 N–H and O–H groups in total. The van der Waals surface area contributed by atoms with Gasteiger partial charge in [-0.2, -0.15) is 5.26 Å². The molecule has 3 nitrogen and oxygen atoms in total. The van der Waals surface area contributed by atoms with Gasteiger partial charge in [-0.15, -0.1) is 0 Å². The Hall–Kier alpha value is -2.08. The molecule has 0 aliphatic heterocycles. The molecule has 0 radical (unpaired) electrons. The van der Waals surface area contributed by atoms with Crippen molar-refractivity contribution in [3.05, 3.63) is 41.0 Å². The lowest BCUT2D eigenvalue weighted by Crippen LogP contribution is -2.10. The fourth-order valence-electron chi connectivity index (χ4n) is 1.66. The number of carbonyl (C=O) groups is 1. The van der Waals surface area contributed by atoms with Crippen molar-refractivity contribution in [3.8, 4) is 6.07 Å². The van der Waals surface area contributed by atoms with Crippen LogP contribution in [0.4, 0.5) is 0 Å². The number of hydrogen-bond donors (Lipinski definition) is 1. The number of nitriles is 1. The first-order chi connectivity index (χ1) is 8.27. The molecule has 18 heavy (non-hydrogen) atoms. The molecule has 0 unspecified atom stereocenters. The van der Waals surface area contributed by atoms with Crippen molar-refractivity contribution in [2.45, 2.75) is 33.1 Å². The van der Waals surface area contributed by atoms with E-state index in [9.17, 15) is 4.79 Å². The minimum atomic E-state index is -1.19. The first kappa shape index (κ1) is 14.0. The normalized spacial score (nSPS) is 12.6. The van der Waals surface area contributed by atoms with E-state index in [2.05, 4.69) is 20.8 Å². The smallest absolute Gasteiger partial charge is 0.346 e. The highest BCUT2D eigenvalue weighted by atomic mass is 16.4. The number of nitrogens with zero attached hydrogens (tertiary/aromatic N) is 1. The number of carboxylic acid groups (broad SMARTS) is 1. The van der Waals surface area contributed by atoms with E-state index in [1.807, 2.05) is 24.3 Å². The summed E-state index contributed by atoms with van der Waals surface area (Å²) in [5.74, 6) is -1.19. The van der Waals surface area contributed by atoms with Crippen molar-refractivity contribution in [3.63, 3.8) is 0 Å². The van der Waals surface area contributed by atoms with E-state index < -0.39 is 5.97 Å². The van der Waals surface area contributed by atoms with Gasteiger partial charge in [0.05, 0.1) is 0 Å². The first-order valence-corrected chi connectivity index (χ1v) is 5.72. The first-order valence-electron chi connectivity index (χ1n) is 5.72. The van der Waals surface area contributed by atoms with Crippen molar-refractivity contribution >= 4 is 11.5 Å². The maximum Gasteiger partial charge on any atom is 0.346 e. The standard InChI is InChI=1S/C15H17NO2/c1-10(13(9-16)14(17)18)11-5-7-12(8-6-11)15(2,3)4/h5-8H,1-4H3,(H,17,18)/b13-10+. The van der Waals surface area contributed by atoms with Crippen molar-refractivity contribution in [2.24, 2.45) is 0 Å². The molecule has 0 saturated carbocycles. The Labute approximate surface area is 107 Å². The monoisotopic (exact) mass is 243 g/mol. The van der Waals surface area contributed by atoms with Crippen LogP contribution in [0.25, 0.3) is 5.57 Å². The number of rotatable bonds is 2. The Bertz CT molecular complexity index is 525. The summed E-state index contributed by atoms with van der Waals surface area (Å²) in [5.41, 5.74) is 2.28. The topological polar surface area (TPSA) is 61.1 Å². The Kier molecular flexibility index (Phi) is 3.93. The van der Waals surface area contributed by atoms with Crippen LogP contribution in [0.1, 0.15) is 38.8 Å². The molecular weight excluding hydrogens is 226 g/mol. The van der Waals surface area contributed by atoms with E-state index in [0.29, 0.717) is 5.57 Å². The van der Waals surface area contributed by atoms with Gasteiger partial charge >= 0.3 is 5.97 Å². The van der Waals surface area contributed by atoms with Crippen molar-refractivity contribution < 1.29 is 9.90 Å². The second kappa shape index (κ2) is 5.05. The molecule has 0 bridgehead atoms. The number of hydrogen-bond acceptors (Lipinski definition) is 2. The minimum absolute atomic E-state index is 0.0566. The minimum Gasteiger partial charge on any atom is -0.477 e. The molecule has 0 fully saturated rings. The average molecular weight is 243 g/mol. The molecule has 0 amide bonds. The number of aliphatic carboxylic acids is 1. The van der Waals surface area contributed by atoms with Crippen LogP contribution in [0.2, 0.25) is 0 Å². The summed E-state index contributed by atoms with van der Waals surface area (Å²) < 4.78 is 0. The maximum absolute atomic E-state index is 10.9. The highest BCUT2D eigenvalue weighted by Crippen LogP contribution is 2.25. The third-order valence-electron chi connectivity index (χ3n) is 2.88. The molecule has 1 aromatic rings. The fraction of sp³-hybridized carbons (Fsp3) is 0.333. The lowest BCUT2D eigenvalue weighted by atomic mass is 9.86. The van der Waals surface area contributed by atoms with Gasteiger partial charge in [0.25, 0.3) is 0 Å². The highest BCUT2D eigenvalue weighted by molar-refractivity contribution is 6.00. The van der Waals surface area contributed by atoms with Gasteiger partial charge in [-0.05, 0) is 29.0 Å². The second-order valence-electron chi connectivity index (χ2n) is 5.24. The average Bonchev–Trinajstić information content (AvgIpc) is 2.28. The summed E-state index contributed by atoms with van der Waals surface area (Å²) >= 11 is 0. The summed E-state index contributed by atoms with van der Waals surface area (Å²) in [4.78, 5) is 10.9. The predicted octanol–water partition coefficient (Wildman–Crippen LogP) is 3.37. The third-order valence-corrected chi connectivity index (χ3v) is 2.88. The quantitative estimate of drug-likeness (QED) is 0.640. The molecule has 0 spiro atoms. The molecular formula is C15H17NO2. The van der Waals surface area contributed by atoms with E-state index >= 15 is 0 Å². The van der Waals surface area contributed by atoms with Crippen LogP contribution < -0.4 is 0 Å². The van der Waals surface area contributed by atoms with Crippen molar-refractivity contribution in [1.29, 1.82) is 5.26 Å². The van der Waals surface area contributed by atoms with E-state index in [1.54, 1.807) is 13.0 Å². The second-order valence-corrected chi connectivity index (χ2v) is 5.24. The van der Waals surface area contributed by atoms with Gasteiger partial charge in [0.2, 0.25) is 0 Å². The van der Waals surface area contributed by atoms with E-state index in [1.165, 1.54) is 5.56 Å². The number of benzene rings is 1. The van der Waals surface area contributed by atoms with E-state index in [4.69, 9.17) is 10.4 Å². The highest BCUT2D eigenvalue weighted by Gasteiger charge is 2.15. The molecule has 0 aromatic heterocycles. The lowest BCUT2D eigenvalue weighted by molar-refractivity contribution is -0.132. The zero-order valence-corrected chi connectivity index (χ0v) is 11.1. The van der Waals surface area contributed by atoms with Gasteiger partial charge in [0.1, 0.15) is 11.6 Å². The molecule has 0 saturated heterocycles. The Morgan fingerprint density at radius 1 is 1.22 bits per heavy atom. The maximum atomic E-state index is 10.9. The van der Waals surface area contributed by atoms with E-state index in [-0.39, 0.29) is 11.0 Å². The summed E-state index contributed by atoms with van der Waals surface area (Å²) in [7, 11) is 0. The third kappa shape index (κ3) is 2.98. The van der Waals surface area contributed by atoms with Crippen LogP contribution in [-0.4, -0.2) is 11.1 Å². The van der Waals surface area contributed by atoms with Crippen LogP contribution >= 0.6 is 0 Å². The molecule has 3 heteroatoms. The Morgan fingerprint density at radius 2 is 1.72 bits per heavy atom. The summed E-state index contributed by atoms with van der Waals surface area (Å²) in [6.45, 7) is 7.99. The molecule has 0 aliphatic carbocycles. The zero-order chi connectivity index (χ0) is 13.9. The van der Waals surface area contributed by atoms with Crippen molar-refractivity contribution in [2.75, 3.05) is 0 Å². The van der Waals surface area contributed by atoms with Crippen LogP contribution in [0, 0.1) is 11.3 Å². The number of carboxylic acids is 1. The van der Waals surface area contributed by atoms with Gasteiger partial charge in [-0.25, -0.2) is 4.79 Å². The number of allylic oxidation sites excluding steroid dienone is 1. The van der Waals surface area contributed by atoms with E-state index in [0.717, 1.165) is 5.56 Å². The van der Waals surface area contributed by atoms with Gasteiger partial charge in [0, 0.05) is 0 Å². The SMILES string of the molecule is C/C(=C(/C#N)C(=O)O)c1ccc(C(C)(C)C)cc1. The molecule has 0 heterocycles. The Balaban J connectivity index is 3.22. The van der Waals surface area contributed by atoms with Crippen LogP contribution in [0.5, 0.6) is 0 Å². The van der Waals surface area contributed by atoms with Crippen LogP contribution in [-0.2, 0) is 10.2 Å². The molecule has 1 rings (SSSR count). The predicted molar refractivity (Wildman–Crippen MR) is 71.0 cm³/mol. The van der Waals surface area contributed by atoms with Crippen molar-refractivity contribution in [1.82, 2.24) is 0 Å². The van der Waals surface area contributed by atoms with Crippen LogP contribution in [0.3, 0.4) is 0 Å². The van der Waals surface area contributed by atoms with Gasteiger partial charge in [-0.1, -0.05) is 45.0 Å². The summed E-state index contributed by atoms with van der Waals surface area (Å²) in [5, 5.41) is 17.7. The Morgan fingerprint density at radius 3 is 2.06 bits per heavy atom. The zero-order valence-electron chi connectivity index (χ0n) is 11.1. The van der Waals surface area contributed by atoms with Crippen LogP contribution in [0.15, 0.2) is 29.8 Å². The summed E-state index contributed by atoms with van der Waals surface area (Å²) in [6, 6.07) is 9.38. The lowest BCUT2D eigenvalue weighted by Gasteiger charge is -2.19. The largest absolute Gasteiger partial charge is 0.477 e. The van der Waals surface area contributed by atoms with Gasteiger partial charge in [0.15, 0.2) is 0 Å². The van der Waals surface area contributed by atoms with Gasteiger partial charge in [-0.3, -0.25) is 0 Å². The molecule has 94 valence electrons. The summed E-state index contributed by atoms with van der Waals surface area (Å²) in [6.07, 6.45) is 0. The van der Waals surface area contributed by atoms with Gasteiger partial charge < -0.3 is 5.11 Å². The molecule has 0 atom stereocenters. The fourth-order valence-corrected chi connectivity index (χ4v) is 1.66. The molecule has 0 aliphatic rings.